The minimum Gasteiger partial charge on any atom is -0.506 e. The largest absolute Gasteiger partial charge is 0.506 e. The molecule has 3 rings (SSSR count). The third-order valence-corrected chi connectivity index (χ3v) is 4.32. The first-order chi connectivity index (χ1) is 10.9. The maximum absolute atomic E-state index is 11.0. The molecular formula is C14H16ClNO7. The van der Waals surface area contributed by atoms with Crippen LogP contribution in [0.4, 0.5) is 0 Å². The summed E-state index contributed by atoms with van der Waals surface area (Å²) in [6.45, 7) is -0.690. The van der Waals surface area contributed by atoms with Crippen molar-refractivity contribution in [3.63, 3.8) is 0 Å². The van der Waals surface area contributed by atoms with Crippen LogP contribution >= 0.6 is 11.9 Å². The van der Waals surface area contributed by atoms with Crippen LogP contribution in [0.5, 0.6) is 5.75 Å². The molecular weight excluding hydrogens is 330 g/mol. The van der Waals surface area contributed by atoms with Crippen molar-refractivity contribution in [1.29, 1.82) is 0 Å². The Morgan fingerprint density at radius 3 is 2.65 bits per heavy atom. The van der Waals surface area contributed by atoms with Gasteiger partial charge in [0, 0.05) is 11.6 Å². The molecule has 0 radical (unpaired) electrons. The summed E-state index contributed by atoms with van der Waals surface area (Å²) >= 11 is 5.19. The van der Waals surface area contributed by atoms with Crippen LogP contribution in [0.25, 0.3) is 10.9 Å². The van der Waals surface area contributed by atoms with Gasteiger partial charge in [-0.1, -0.05) is 12.1 Å². The Morgan fingerprint density at radius 1 is 1.30 bits per heavy atom. The Labute approximate surface area is 135 Å². The van der Waals surface area contributed by atoms with Crippen molar-refractivity contribution < 1.29 is 34.6 Å². The van der Waals surface area contributed by atoms with Crippen molar-refractivity contribution in [2.75, 3.05) is 6.61 Å². The molecule has 1 aromatic heterocycles. The van der Waals surface area contributed by atoms with E-state index in [0.29, 0.717) is 10.9 Å². The molecule has 1 aliphatic rings. The second-order valence-corrected chi connectivity index (χ2v) is 5.56. The molecule has 126 valence electrons. The highest BCUT2D eigenvalue weighted by Crippen LogP contribution is 2.39. The fourth-order valence-corrected chi connectivity index (χ4v) is 3.09. The van der Waals surface area contributed by atoms with Crippen LogP contribution < -0.4 is 0 Å². The summed E-state index contributed by atoms with van der Waals surface area (Å²) in [4.78, 5) is 0. The van der Waals surface area contributed by atoms with E-state index in [-0.39, 0.29) is 5.75 Å². The molecule has 5 atom stereocenters. The summed E-state index contributed by atoms with van der Waals surface area (Å²) in [7, 11) is 0. The second kappa shape index (κ2) is 5.91. The molecule has 1 aromatic carbocycles. The fraction of sp³-hybridized carbons (Fsp3) is 0.429. The van der Waals surface area contributed by atoms with Gasteiger partial charge in [0.05, 0.1) is 24.0 Å². The first-order valence-corrected chi connectivity index (χ1v) is 7.17. The van der Waals surface area contributed by atoms with Gasteiger partial charge in [0.15, 0.2) is 5.72 Å². The average Bonchev–Trinajstić information content (AvgIpc) is 2.91. The molecule has 2 aromatic rings. The maximum atomic E-state index is 11.0. The van der Waals surface area contributed by atoms with Crippen molar-refractivity contribution >= 4 is 22.8 Å². The molecule has 1 aliphatic heterocycles. The molecule has 5 N–H and O–H groups in total. The number of aliphatic hydroxyl groups excluding tert-OH is 3. The van der Waals surface area contributed by atoms with Crippen LogP contribution in [-0.4, -0.2) is 61.3 Å². The number of halogens is 1. The molecule has 9 heteroatoms. The van der Waals surface area contributed by atoms with Crippen LogP contribution in [0, 0.1) is 0 Å². The van der Waals surface area contributed by atoms with Gasteiger partial charge >= 0.3 is 0 Å². The zero-order valence-corrected chi connectivity index (χ0v) is 12.5. The number of para-hydroxylation sites is 1. The van der Waals surface area contributed by atoms with E-state index in [9.17, 15) is 25.5 Å². The maximum Gasteiger partial charge on any atom is 0.206 e. The minimum atomic E-state index is -2.25. The molecule has 8 nitrogen and oxygen atoms in total. The quantitative estimate of drug-likeness (QED) is 0.512. The molecule has 0 unspecified atom stereocenters. The molecule has 0 bridgehead atoms. The number of ether oxygens (including phenoxy) is 1. The molecule has 2 heterocycles. The minimum absolute atomic E-state index is 0.136. The number of hydrogen-bond donors (Lipinski definition) is 5. The van der Waals surface area contributed by atoms with E-state index in [2.05, 4.69) is 4.29 Å². The van der Waals surface area contributed by atoms with E-state index in [1.165, 1.54) is 6.20 Å². The van der Waals surface area contributed by atoms with E-state index in [4.69, 9.17) is 16.6 Å². The summed E-state index contributed by atoms with van der Waals surface area (Å²) in [5.41, 5.74) is -1.87. The van der Waals surface area contributed by atoms with Gasteiger partial charge in [0.25, 0.3) is 0 Å². The van der Waals surface area contributed by atoms with Gasteiger partial charge in [0.2, 0.25) is 6.29 Å². The van der Waals surface area contributed by atoms with E-state index in [0.717, 1.165) is 4.57 Å². The van der Waals surface area contributed by atoms with Gasteiger partial charge in [-0.2, -0.15) is 0 Å². The molecule has 1 saturated heterocycles. The van der Waals surface area contributed by atoms with Gasteiger partial charge in [-0.05, 0) is 12.1 Å². The average molecular weight is 346 g/mol. The van der Waals surface area contributed by atoms with Crippen molar-refractivity contribution in [3.05, 3.63) is 30.5 Å². The zero-order valence-electron chi connectivity index (χ0n) is 11.8. The number of aliphatic hydroxyl groups is 4. The van der Waals surface area contributed by atoms with Crippen molar-refractivity contribution in [2.45, 2.75) is 30.3 Å². The van der Waals surface area contributed by atoms with Crippen LogP contribution in [0.15, 0.2) is 30.5 Å². The summed E-state index contributed by atoms with van der Waals surface area (Å²) < 4.78 is 10.8. The molecule has 0 saturated carbocycles. The third-order valence-electron chi connectivity index (χ3n) is 4.14. The standard InChI is InChI=1S/C14H16ClNO7/c15-23-13-11(19)12(20)14(21,10(6-17)22-13)16-5-9(18)7-3-1-2-4-8(7)16/h1-5,10-13,17-21H,6H2/t10-,11-,12-,13+,14-/m1/s1. The zero-order chi connectivity index (χ0) is 16.8. The molecule has 23 heavy (non-hydrogen) atoms. The number of hydrogen-bond acceptors (Lipinski definition) is 7. The topological polar surface area (TPSA) is 125 Å². The van der Waals surface area contributed by atoms with E-state index < -0.39 is 36.9 Å². The number of aromatic nitrogens is 1. The number of nitrogens with zero attached hydrogens (tertiary/aromatic N) is 1. The Balaban J connectivity index is 2.17. The van der Waals surface area contributed by atoms with Crippen molar-refractivity contribution in [3.8, 4) is 5.75 Å². The normalized spacial score (nSPS) is 34.8. The third kappa shape index (κ3) is 2.31. The highest BCUT2D eigenvalue weighted by atomic mass is 35.5. The van der Waals surface area contributed by atoms with Gasteiger partial charge in [0.1, 0.15) is 24.1 Å². The molecule has 0 spiro atoms. The number of fused-ring (bicyclic) bond motifs is 1. The first kappa shape index (κ1) is 16.5. The first-order valence-electron chi connectivity index (χ1n) is 6.86. The highest BCUT2D eigenvalue weighted by molar-refractivity contribution is 6.07. The van der Waals surface area contributed by atoms with Crippen LogP contribution in [0.1, 0.15) is 0 Å². The fourth-order valence-electron chi connectivity index (χ4n) is 2.94. The smallest absolute Gasteiger partial charge is 0.206 e. The van der Waals surface area contributed by atoms with Gasteiger partial charge in [-0.3, -0.25) is 0 Å². The number of rotatable bonds is 3. The Kier molecular flexibility index (Phi) is 4.23. The SMILES string of the molecule is OC[C@H]1O[C@@H](OCl)[C@H](O)[C@@H](O)[C@@]1(O)n1cc(O)c2ccccc21. The van der Waals surface area contributed by atoms with E-state index >= 15 is 0 Å². The van der Waals surface area contributed by atoms with Crippen LogP contribution in [-0.2, 0) is 14.8 Å². The summed E-state index contributed by atoms with van der Waals surface area (Å²) in [5.74, 6) is -0.136. The van der Waals surface area contributed by atoms with Crippen molar-refractivity contribution in [2.24, 2.45) is 0 Å². The Bertz CT molecular complexity index is 703. The lowest BCUT2D eigenvalue weighted by molar-refractivity contribution is -0.339. The lowest BCUT2D eigenvalue weighted by Gasteiger charge is -2.47. The molecule has 0 amide bonds. The Hall–Kier alpha value is -1.39. The van der Waals surface area contributed by atoms with Gasteiger partial charge in [-0.15, -0.1) is 0 Å². The summed E-state index contributed by atoms with van der Waals surface area (Å²) in [6.07, 6.45) is -5.08. The van der Waals surface area contributed by atoms with Crippen LogP contribution in [0.2, 0.25) is 0 Å². The second-order valence-electron chi connectivity index (χ2n) is 5.38. The predicted molar refractivity (Wildman–Crippen MR) is 78.5 cm³/mol. The van der Waals surface area contributed by atoms with Gasteiger partial charge in [-0.25, -0.2) is 4.29 Å². The lowest BCUT2D eigenvalue weighted by atomic mass is 9.91. The molecule has 1 fully saturated rings. The lowest BCUT2D eigenvalue weighted by Crippen LogP contribution is -2.67. The van der Waals surface area contributed by atoms with Crippen LogP contribution in [0.3, 0.4) is 0 Å². The van der Waals surface area contributed by atoms with E-state index in [1.807, 2.05) is 0 Å². The van der Waals surface area contributed by atoms with Crippen molar-refractivity contribution in [1.82, 2.24) is 4.57 Å². The van der Waals surface area contributed by atoms with E-state index in [1.54, 1.807) is 24.3 Å². The Morgan fingerprint density at radius 2 is 2.00 bits per heavy atom. The summed E-state index contributed by atoms with van der Waals surface area (Å²) in [5, 5.41) is 51.4. The number of benzene rings is 1. The monoisotopic (exact) mass is 345 g/mol. The summed E-state index contributed by atoms with van der Waals surface area (Å²) in [6, 6.07) is 6.59. The number of aromatic hydroxyl groups is 1. The highest BCUT2D eigenvalue weighted by Gasteiger charge is 2.57. The van der Waals surface area contributed by atoms with Gasteiger partial charge < -0.3 is 34.8 Å². The predicted octanol–water partition coefficient (Wildman–Crippen LogP) is -0.399. The molecule has 0 aliphatic carbocycles.